The minimum absolute atomic E-state index is 0. The van der Waals surface area contributed by atoms with E-state index in [-0.39, 0.29) is 29.8 Å². The minimum Gasteiger partial charge on any atom is -0.357 e. The highest BCUT2D eigenvalue weighted by atomic mass is 127. The average Bonchev–Trinajstić information content (AvgIpc) is 3.07. The molecule has 0 aliphatic carbocycles. The van der Waals surface area contributed by atoms with Crippen molar-refractivity contribution in [2.75, 3.05) is 13.1 Å². The molecule has 27 heavy (non-hydrogen) atoms. The van der Waals surface area contributed by atoms with E-state index < -0.39 is 0 Å². The predicted octanol–water partition coefficient (Wildman–Crippen LogP) is 4.01. The topological polar surface area (TPSA) is 65.1 Å². The van der Waals surface area contributed by atoms with E-state index >= 15 is 0 Å². The number of aryl methyl sites for hydroxylation is 1. The Kier molecular flexibility index (Phi) is 8.50. The molecule has 3 N–H and O–H groups in total. The van der Waals surface area contributed by atoms with Crippen LogP contribution < -0.4 is 10.6 Å². The molecule has 144 valence electrons. The van der Waals surface area contributed by atoms with Crippen LogP contribution in [0.15, 0.2) is 53.5 Å². The molecule has 0 spiro atoms. The molecule has 0 saturated heterocycles. The van der Waals surface area contributed by atoms with Crippen molar-refractivity contribution in [3.63, 3.8) is 0 Å². The molecule has 7 heteroatoms. The summed E-state index contributed by atoms with van der Waals surface area (Å²) >= 11 is 0. The van der Waals surface area contributed by atoms with Gasteiger partial charge in [0.15, 0.2) is 5.96 Å². The van der Waals surface area contributed by atoms with Crippen molar-refractivity contribution in [1.29, 1.82) is 0 Å². The van der Waals surface area contributed by atoms with Crippen LogP contribution in [-0.2, 0) is 13.0 Å². The number of nitrogens with zero attached hydrogens (tertiary/aromatic N) is 2. The predicted molar refractivity (Wildman–Crippen MR) is 119 cm³/mol. The van der Waals surface area contributed by atoms with Gasteiger partial charge in [0.1, 0.15) is 11.6 Å². The van der Waals surface area contributed by atoms with Crippen molar-refractivity contribution in [1.82, 2.24) is 20.6 Å². The molecule has 0 aliphatic rings. The Hall–Kier alpha value is -2.16. The van der Waals surface area contributed by atoms with Crippen LogP contribution in [0.25, 0.3) is 11.0 Å². The number of H-pyrrole nitrogens is 1. The fraction of sp³-hybridized carbons (Fsp3) is 0.300. The molecular formula is C20H25FIN5. The number of guanidine groups is 1. The van der Waals surface area contributed by atoms with Gasteiger partial charge in [-0.1, -0.05) is 24.3 Å². The second kappa shape index (κ2) is 10.9. The molecule has 0 fully saturated rings. The molecule has 5 nitrogen and oxygen atoms in total. The van der Waals surface area contributed by atoms with Crippen LogP contribution in [-0.4, -0.2) is 29.0 Å². The number of nitrogens with one attached hydrogen (secondary N) is 3. The minimum atomic E-state index is -0.228. The summed E-state index contributed by atoms with van der Waals surface area (Å²) in [5.41, 5.74) is 3.06. The van der Waals surface area contributed by atoms with Gasteiger partial charge in [0.25, 0.3) is 0 Å². The van der Waals surface area contributed by atoms with Crippen molar-refractivity contribution >= 4 is 41.0 Å². The third-order valence-corrected chi connectivity index (χ3v) is 4.00. The average molecular weight is 481 g/mol. The lowest BCUT2D eigenvalue weighted by Crippen LogP contribution is -2.37. The molecule has 0 atom stereocenters. The van der Waals surface area contributed by atoms with Crippen LogP contribution in [0.1, 0.15) is 24.7 Å². The number of hydrogen-bond donors (Lipinski definition) is 3. The number of para-hydroxylation sites is 2. The number of benzene rings is 2. The highest BCUT2D eigenvalue weighted by Crippen LogP contribution is 2.11. The summed E-state index contributed by atoms with van der Waals surface area (Å²) in [6, 6.07) is 14.5. The van der Waals surface area contributed by atoms with E-state index in [2.05, 4.69) is 25.6 Å². The van der Waals surface area contributed by atoms with E-state index in [0.717, 1.165) is 54.3 Å². The van der Waals surface area contributed by atoms with E-state index in [4.69, 9.17) is 0 Å². The molecule has 1 aromatic heterocycles. The summed E-state index contributed by atoms with van der Waals surface area (Å²) in [6.45, 7) is 4.13. The quantitative estimate of drug-likeness (QED) is 0.207. The molecule has 0 bridgehead atoms. The second-order valence-electron chi connectivity index (χ2n) is 6.05. The van der Waals surface area contributed by atoms with Crippen LogP contribution in [0, 0.1) is 5.82 Å². The maximum Gasteiger partial charge on any atom is 0.191 e. The Morgan fingerprint density at radius 2 is 1.89 bits per heavy atom. The zero-order chi connectivity index (χ0) is 18.2. The van der Waals surface area contributed by atoms with Gasteiger partial charge < -0.3 is 15.6 Å². The Bertz CT molecular complexity index is 827. The van der Waals surface area contributed by atoms with Crippen molar-refractivity contribution < 1.29 is 4.39 Å². The van der Waals surface area contributed by atoms with Crippen molar-refractivity contribution in [2.45, 2.75) is 26.3 Å². The van der Waals surface area contributed by atoms with Crippen LogP contribution in [0.2, 0.25) is 0 Å². The highest BCUT2D eigenvalue weighted by Gasteiger charge is 2.02. The summed E-state index contributed by atoms with van der Waals surface area (Å²) in [6.07, 6.45) is 1.82. The Labute approximate surface area is 175 Å². The van der Waals surface area contributed by atoms with Gasteiger partial charge in [0.2, 0.25) is 0 Å². The van der Waals surface area contributed by atoms with E-state index in [1.165, 1.54) is 12.1 Å². The molecule has 2 aromatic carbocycles. The largest absolute Gasteiger partial charge is 0.357 e. The fourth-order valence-corrected chi connectivity index (χ4v) is 2.69. The van der Waals surface area contributed by atoms with Crippen molar-refractivity contribution in [2.24, 2.45) is 4.99 Å². The first-order chi connectivity index (χ1) is 12.7. The van der Waals surface area contributed by atoms with Gasteiger partial charge in [-0.15, -0.1) is 24.0 Å². The number of fused-ring (bicyclic) bond motifs is 1. The first kappa shape index (κ1) is 21.1. The van der Waals surface area contributed by atoms with E-state index in [9.17, 15) is 4.39 Å². The molecule has 0 radical (unpaired) electrons. The third kappa shape index (κ3) is 6.50. The van der Waals surface area contributed by atoms with Crippen LogP contribution in [0.3, 0.4) is 0 Å². The second-order valence-corrected chi connectivity index (χ2v) is 6.05. The number of hydrogen-bond acceptors (Lipinski definition) is 2. The van der Waals surface area contributed by atoms with Gasteiger partial charge in [0, 0.05) is 19.5 Å². The number of aromatic nitrogens is 2. The smallest absolute Gasteiger partial charge is 0.191 e. The van der Waals surface area contributed by atoms with E-state index in [1.54, 1.807) is 12.1 Å². The standard InChI is InChI=1S/C20H24FN5.HI/c1-2-22-20(24-14-15-9-11-16(21)12-10-15)23-13-5-8-19-25-17-6-3-4-7-18(17)26-19;/h3-4,6-7,9-12H,2,5,8,13-14H2,1H3,(H,25,26)(H2,22,23,24);1H. The zero-order valence-electron chi connectivity index (χ0n) is 15.3. The number of halogens is 2. The normalized spacial score (nSPS) is 11.3. The monoisotopic (exact) mass is 481 g/mol. The number of aromatic amines is 1. The summed E-state index contributed by atoms with van der Waals surface area (Å²) in [5.74, 6) is 1.54. The summed E-state index contributed by atoms with van der Waals surface area (Å²) < 4.78 is 13.0. The van der Waals surface area contributed by atoms with Gasteiger partial charge in [-0.25, -0.2) is 14.4 Å². The van der Waals surface area contributed by atoms with Gasteiger partial charge >= 0.3 is 0 Å². The van der Waals surface area contributed by atoms with E-state index in [1.807, 2.05) is 31.2 Å². The van der Waals surface area contributed by atoms with E-state index in [0.29, 0.717) is 6.54 Å². The lowest BCUT2D eigenvalue weighted by molar-refractivity contribution is 0.627. The van der Waals surface area contributed by atoms with Gasteiger partial charge in [-0.2, -0.15) is 0 Å². The Morgan fingerprint density at radius 3 is 2.63 bits per heavy atom. The lowest BCUT2D eigenvalue weighted by atomic mass is 10.2. The van der Waals surface area contributed by atoms with Crippen LogP contribution in [0.4, 0.5) is 4.39 Å². The molecule has 0 aliphatic heterocycles. The highest BCUT2D eigenvalue weighted by molar-refractivity contribution is 14.0. The third-order valence-electron chi connectivity index (χ3n) is 4.00. The number of imidazole rings is 1. The maximum atomic E-state index is 13.0. The maximum absolute atomic E-state index is 13.0. The van der Waals surface area contributed by atoms with Crippen molar-refractivity contribution in [3.05, 3.63) is 65.7 Å². The SMILES string of the molecule is CCNC(=NCc1ccc(F)cc1)NCCCc1nc2ccccc2[nH]1.I. The first-order valence-corrected chi connectivity index (χ1v) is 8.95. The molecule has 3 aromatic rings. The lowest BCUT2D eigenvalue weighted by Gasteiger charge is -2.11. The first-order valence-electron chi connectivity index (χ1n) is 8.95. The van der Waals surface area contributed by atoms with Gasteiger partial charge in [-0.3, -0.25) is 0 Å². The number of aliphatic imine (C=N–C) groups is 1. The molecule has 0 unspecified atom stereocenters. The molecule has 0 amide bonds. The Balaban J connectivity index is 0.00000261. The Morgan fingerprint density at radius 1 is 1.11 bits per heavy atom. The van der Waals surface area contributed by atoms with Gasteiger partial charge in [0.05, 0.1) is 17.6 Å². The zero-order valence-corrected chi connectivity index (χ0v) is 17.7. The van der Waals surface area contributed by atoms with Crippen LogP contribution >= 0.6 is 24.0 Å². The molecule has 0 saturated carbocycles. The number of rotatable bonds is 7. The van der Waals surface area contributed by atoms with Crippen LogP contribution in [0.5, 0.6) is 0 Å². The summed E-state index contributed by atoms with van der Waals surface area (Å²) in [4.78, 5) is 12.5. The molecule has 3 rings (SSSR count). The fourth-order valence-electron chi connectivity index (χ4n) is 2.69. The molecular weight excluding hydrogens is 456 g/mol. The van der Waals surface area contributed by atoms with Gasteiger partial charge in [-0.05, 0) is 43.2 Å². The van der Waals surface area contributed by atoms with Crippen molar-refractivity contribution in [3.8, 4) is 0 Å². The summed E-state index contributed by atoms with van der Waals surface area (Å²) in [5, 5.41) is 6.56. The summed E-state index contributed by atoms with van der Waals surface area (Å²) in [7, 11) is 0. The molecule has 1 heterocycles.